The normalized spacial score (nSPS) is 27.2. The van der Waals surface area contributed by atoms with Crippen LogP contribution in [0.3, 0.4) is 0 Å². The van der Waals surface area contributed by atoms with Gasteiger partial charge in [-0.1, -0.05) is 40.7 Å². The van der Waals surface area contributed by atoms with Gasteiger partial charge in [0.05, 0.1) is 52.0 Å². The molecule has 1 unspecified atom stereocenters. The molecule has 4 aromatic rings. The van der Waals surface area contributed by atoms with Crippen molar-refractivity contribution in [2.75, 3.05) is 25.4 Å². The second-order valence-electron chi connectivity index (χ2n) is 34.9. The number of nitrogens with two attached hydrogens (primary N) is 6. The van der Waals surface area contributed by atoms with Gasteiger partial charge in [0.2, 0.25) is 52.7 Å². The molecule has 696 valence electrons. The van der Waals surface area contributed by atoms with Gasteiger partial charge >= 0.3 is 22.7 Å². The minimum Gasteiger partial charge on any atom is -0.756 e. The number of carboxylic acid groups (broad SMARTS) is 1. The van der Waals surface area contributed by atoms with E-state index in [0.717, 1.165) is 17.2 Å². The number of hydrogen-bond acceptors (Lipinski definition) is 24. The quantitative estimate of drug-likeness (QED) is 0.00459. The number of ether oxygens (including phenoxy) is 1. The smallest absolute Gasteiger partial charge is 0.756 e. The molecule has 8 amide bonds. The van der Waals surface area contributed by atoms with Crippen molar-refractivity contribution in [1.29, 1.82) is 0 Å². The van der Waals surface area contributed by atoms with Gasteiger partial charge in [-0.2, -0.15) is 12.1 Å². The fourth-order valence-electron chi connectivity index (χ4n) is 19.1. The Hall–Kier alpha value is -10.6. The van der Waals surface area contributed by atoms with Gasteiger partial charge in [-0.05, 0) is 138 Å². The van der Waals surface area contributed by atoms with E-state index in [4.69, 9.17) is 72.9 Å². The Bertz CT molecular complexity index is 5860. The maximum Gasteiger partial charge on any atom is 3.00 e. The molecule has 8 aliphatic rings. The third-order valence-corrected chi connectivity index (χ3v) is 28.1. The van der Waals surface area contributed by atoms with Crippen molar-refractivity contribution < 1.29 is 130 Å². The number of carboxylic acids is 1. The van der Waals surface area contributed by atoms with Crippen LogP contribution >= 0.6 is 19.6 Å². The minimum absolute atomic E-state index is 0. The number of carbonyl (C=O) groups is 9. The number of halogens is 5. The third-order valence-electron chi connectivity index (χ3n) is 25.9. The summed E-state index contributed by atoms with van der Waals surface area (Å²) < 4.78 is 112. The van der Waals surface area contributed by atoms with Crippen LogP contribution in [0.2, 0.25) is 0 Å². The summed E-state index contributed by atoms with van der Waals surface area (Å²) in [4.78, 5) is 163. The number of aromatic carboxylic acids is 1. The first-order valence-corrected chi connectivity index (χ1v) is 43.6. The van der Waals surface area contributed by atoms with E-state index in [1.54, 1.807) is 6.92 Å². The number of fused-ring (bicyclic) bond motifs is 9. The summed E-state index contributed by atoms with van der Waals surface area (Å²) in [5.74, 6) is -20.4. The molecule has 34 nitrogen and oxygen atoms in total. The number of aliphatic hydroxyl groups is 2. The van der Waals surface area contributed by atoms with E-state index in [9.17, 15) is 91.0 Å². The number of aromatic nitrogens is 2. The number of phosphoric ester groups is 1. The standard InChI is InChI=1S/C62H90N13O14P.C25H15F5NO6S.Co/c1-29-20-39-40(21-30(29)2)75(28-70-39)57-52(84)53(41(27-76)87-57)89-90(85,86)88-31(3)26-69-49(83)18-19-59(8)37(22-46(66)80)56-62(11)61(10,25-48(68)82)36(14-17-45(65)79)51(74-62)33(5)55-60(9,24-47(67)81)34(12-15-43(63)77)38(71-55)23-42-58(6,7)35(13-16-44(64)78)50(72-42)32(4)54(59)73-56;1-2-3-31-17(34)8-38-24-22(29)19(20(25(35)36)21(28)23(24)30)18-9-4-11(26)13(32)6-15(9)37-16-7-14(33)12(27)5-10(16)18;/h20-21,23,28,31,34-37,41,52-53,56-57,76,84H,12-19,22,24-27H2,1-11H3,(H15,63,64,65,66,67,68,69,71,72,73,74,77,78,79,80,81,82,83,85,86);4-7,32H,1-3,8H2,(H,31,34)(H,35,36);/q;-1;+3/p-2/t31-,34-,35-,36-,37+,41-,52-,53-,56-,57+,59-,60+,61+,62+;;/m1../s1. The fourth-order valence-corrected chi connectivity index (χ4v) is 21.1. The Balaban J connectivity index is 0.000000369. The van der Waals surface area contributed by atoms with Crippen LogP contribution in [0, 0.1) is 95.2 Å². The number of thioether (sulfide) groups is 1. The molecule has 0 radical (unpaired) electrons. The predicted molar refractivity (Wildman–Crippen MR) is 458 cm³/mol. The van der Waals surface area contributed by atoms with Crippen molar-refractivity contribution in [2.45, 2.75) is 200 Å². The summed E-state index contributed by atoms with van der Waals surface area (Å²) in [5.41, 5.74) is 31.3. The van der Waals surface area contributed by atoms with Gasteiger partial charge in [0.25, 0.3) is 7.82 Å². The summed E-state index contributed by atoms with van der Waals surface area (Å²) >= 11 is 0.221. The van der Waals surface area contributed by atoms with Crippen LogP contribution in [0.5, 0.6) is 5.75 Å². The Kier molecular flexibility index (Phi) is 30.2. The Morgan fingerprint density at radius 3 is 1.98 bits per heavy atom. The SMILES string of the molecule is C/C1=C2/[N-][C@H]([C@H](CC(N)=O)[C@@]2(C)CCC(=O)NC[C@@H](C)OP(=O)([O-])O[C@H]2[C@@H](O)[C@@H](n3cnc4cc(C)c(C)cc43)O[C@@H]2CO)[C@]2(C)N=C(/C(C)=C3N=C(/C=C4N=C1[C@@H](CCC(N)=O)C\4(C)C)[C@@H](CCC(N)=O)[C@]\3(C)CC(N)=O)[C@@H](CCC(N)=O)[C@]2(C)CC(N)=O.[CH2-]CCNC(=O)CSc1c(F)c(F)c(C(=O)O)c(-c2c3cc(F)c(=O)cc-3oc3cc(O)c(F)cc23)c1F.[Co+3]. The molecular formula is C87H103CoF5N14O20PS. The van der Waals surface area contributed by atoms with E-state index in [1.165, 1.54) is 17.8 Å². The molecule has 12 rings (SSSR count). The number of imidazole rings is 1. The maximum absolute atomic E-state index is 16.0. The minimum atomic E-state index is -5.32. The summed E-state index contributed by atoms with van der Waals surface area (Å²) in [6.45, 7) is 22.6. The molecule has 0 spiro atoms. The molecule has 1 aliphatic carbocycles. The summed E-state index contributed by atoms with van der Waals surface area (Å²) in [7, 11) is -5.32. The number of aryl methyl sites for hydroxylation is 2. The summed E-state index contributed by atoms with van der Waals surface area (Å²) in [6, 6.07) is 5.16. The van der Waals surface area contributed by atoms with Gasteiger partial charge in [0.15, 0.2) is 35.2 Å². The molecule has 8 bridgehead atoms. The number of carbonyl (C=O) groups excluding carboxylic acids is 8. The first kappa shape index (κ1) is 101. The topological polar surface area (TPSA) is 582 Å². The molecule has 18 N–H and O–H groups in total. The monoisotopic (exact) mass is 1880 g/mol. The van der Waals surface area contributed by atoms with E-state index in [0.29, 0.717) is 81.0 Å². The number of nitrogens with one attached hydrogen (secondary N) is 2. The van der Waals surface area contributed by atoms with Crippen LogP contribution in [0.4, 0.5) is 22.0 Å². The van der Waals surface area contributed by atoms with E-state index in [1.807, 2.05) is 80.5 Å². The van der Waals surface area contributed by atoms with Crippen molar-refractivity contribution in [3.8, 4) is 28.2 Å². The predicted octanol–water partition coefficient (Wildman–Crippen LogP) is 8.41. The average molecular weight is 1880 g/mol. The van der Waals surface area contributed by atoms with Crippen molar-refractivity contribution in [3.63, 3.8) is 0 Å². The second-order valence-corrected chi connectivity index (χ2v) is 37.2. The number of aliphatic hydroxyl groups excluding tert-OH is 2. The fraction of sp³-hybridized carbons (Fsp3) is 0.483. The molecule has 0 saturated carbocycles. The van der Waals surface area contributed by atoms with Gasteiger partial charge < -0.3 is 105 Å². The van der Waals surface area contributed by atoms with Gasteiger partial charge in [-0.3, -0.25) is 62.7 Å². The first-order valence-electron chi connectivity index (χ1n) is 41.2. The molecule has 1 aromatic heterocycles. The van der Waals surface area contributed by atoms with Crippen LogP contribution in [0.15, 0.2) is 106 Å². The van der Waals surface area contributed by atoms with Crippen LogP contribution in [-0.4, -0.2) is 162 Å². The first-order chi connectivity index (χ1) is 59.8. The van der Waals surface area contributed by atoms with Gasteiger partial charge in [-0.15, -0.1) is 11.8 Å². The Morgan fingerprint density at radius 1 is 0.752 bits per heavy atom. The molecular weight excluding hydrogens is 1780 g/mol. The number of phenols is 1. The van der Waals surface area contributed by atoms with Crippen molar-refractivity contribution in [3.05, 3.63) is 145 Å². The number of hydrogen-bond donors (Lipinski definition) is 12. The number of aliphatic imine (C=N–C) groups is 3. The van der Waals surface area contributed by atoms with E-state index in [2.05, 4.69) is 22.5 Å². The van der Waals surface area contributed by atoms with Crippen LogP contribution in [-0.2, 0) is 73.5 Å². The number of benzene rings is 4. The number of nitrogens with zero attached hydrogens (tertiary/aromatic N) is 6. The number of amides is 8. The van der Waals surface area contributed by atoms with Crippen LogP contribution < -0.4 is 55.4 Å². The number of aromatic hydroxyl groups is 1. The van der Waals surface area contributed by atoms with E-state index < -0.39 is 245 Å². The maximum atomic E-state index is 16.0. The van der Waals surface area contributed by atoms with Gasteiger partial charge in [0.1, 0.15) is 41.0 Å². The van der Waals surface area contributed by atoms with Crippen LogP contribution in [0.25, 0.3) is 49.8 Å². The second kappa shape index (κ2) is 38.8. The van der Waals surface area contributed by atoms with Gasteiger partial charge in [-0.25, -0.2) is 31.7 Å². The summed E-state index contributed by atoms with van der Waals surface area (Å²) in [6.07, 6.45) is -4.47. The van der Waals surface area contributed by atoms with Gasteiger partial charge in [0, 0.05) is 143 Å². The van der Waals surface area contributed by atoms with E-state index in [-0.39, 0.29) is 112 Å². The van der Waals surface area contributed by atoms with Crippen molar-refractivity contribution in [2.24, 2.45) is 94.7 Å². The van der Waals surface area contributed by atoms with Crippen LogP contribution in [0.1, 0.15) is 167 Å². The largest absolute Gasteiger partial charge is 3.00 e. The molecule has 3 aromatic carbocycles. The molecule has 8 heterocycles. The number of allylic oxidation sites excluding steroid dienone is 6. The number of phosphoric acid groups is 1. The van der Waals surface area contributed by atoms with Crippen molar-refractivity contribution in [1.82, 2.24) is 20.2 Å². The zero-order valence-electron chi connectivity index (χ0n) is 72.5. The molecule has 42 heteroatoms. The molecule has 2 saturated heterocycles. The Labute approximate surface area is 752 Å². The Morgan fingerprint density at radius 2 is 1.38 bits per heavy atom. The third kappa shape index (κ3) is 19.7. The molecule has 15 atom stereocenters. The van der Waals surface area contributed by atoms with E-state index >= 15 is 8.78 Å². The molecule has 129 heavy (non-hydrogen) atoms. The number of primary amides is 6. The summed E-state index contributed by atoms with van der Waals surface area (Å²) in [5, 5.41) is 51.5. The number of rotatable bonds is 33. The zero-order chi connectivity index (χ0) is 94.6. The average Bonchev–Trinajstić information content (AvgIpc) is 1.54. The molecule has 7 aliphatic heterocycles. The molecule has 2 fully saturated rings. The van der Waals surface area contributed by atoms with Crippen molar-refractivity contribution >= 4 is 112 Å². The number of phenolic OH excluding ortho intramolecular Hbond substituents is 1. The zero-order valence-corrected chi connectivity index (χ0v) is 75.2.